The lowest BCUT2D eigenvalue weighted by Crippen LogP contribution is -1.94. The van der Waals surface area contributed by atoms with Crippen LogP contribution in [0.3, 0.4) is 0 Å². The van der Waals surface area contributed by atoms with Crippen molar-refractivity contribution in [1.82, 2.24) is 9.97 Å². The lowest BCUT2D eigenvalue weighted by molar-refractivity contribution is 0.667. The first-order valence-corrected chi connectivity index (χ1v) is 18.6. The van der Waals surface area contributed by atoms with Crippen LogP contribution in [0.1, 0.15) is 0 Å². The van der Waals surface area contributed by atoms with Crippen LogP contribution in [0.4, 0.5) is 0 Å². The second-order valence-electron chi connectivity index (χ2n) is 13.8. The molecule has 0 atom stereocenters. The predicted molar refractivity (Wildman–Crippen MR) is 227 cm³/mol. The summed E-state index contributed by atoms with van der Waals surface area (Å²) < 4.78 is 6.49. The van der Waals surface area contributed by atoms with Crippen LogP contribution in [-0.2, 0) is 0 Å². The number of hydrogen-bond acceptors (Lipinski definition) is 3. The molecule has 0 fully saturated rings. The van der Waals surface area contributed by atoms with Gasteiger partial charge in [-0.1, -0.05) is 176 Å². The van der Waals surface area contributed by atoms with E-state index in [0.29, 0.717) is 11.4 Å². The van der Waals surface area contributed by atoms with Crippen molar-refractivity contribution in [2.75, 3.05) is 0 Å². The average molecular weight is 703 g/mol. The number of furan rings is 1. The molecule has 2 heterocycles. The van der Waals surface area contributed by atoms with Crippen molar-refractivity contribution in [1.29, 1.82) is 0 Å². The highest BCUT2D eigenvalue weighted by molar-refractivity contribution is 6.07. The first-order valence-electron chi connectivity index (χ1n) is 18.6. The zero-order valence-corrected chi connectivity index (χ0v) is 29.9. The molecule has 2 aromatic heterocycles. The summed E-state index contributed by atoms with van der Waals surface area (Å²) in [6.07, 6.45) is 0. The van der Waals surface area contributed by atoms with Crippen LogP contribution in [0, 0.1) is 0 Å². The molecule has 0 spiro atoms. The van der Waals surface area contributed by atoms with E-state index in [2.05, 4.69) is 176 Å². The molecule has 0 saturated carbocycles. The highest BCUT2D eigenvalue weighted by Crippen LogP contribution is 2.38. The summed E-state index contributed by atoms with van der Waals surface area (Å²) in [7, 11) is 0. The Hall–Kier alpha value is -7.36. The summed E-state index contributed by atoms with van der Waals surface area (Å²) in [5.74, 6) is 0.654. The molecule has 10 rings (SSSR count). The maximum Gasteiger partial charge on any atom is 0.180 e. The zero-order chi connectivity index (χ0) is 36.6. The third-order valence-electron chi connectivity index (χ3n) is 10.3. The molecule has 0 amide bonds. The molecule has 3 heteroatoms. The van der Waals surface area contributed by atoms with Crippen molar-refractivity contribution >= 4 is 22.1 Å². The van der Waals surface area contributed by atoms with E-state index in [-0.39, 0.29) is 0 Å². The maximum atomic E-state index is 6.49. The molecule has 0 aliphatic heterocycles. The first-order chi connectivity index (χ1) is 27.2. The van der Waals surface area contributed by atoms with Gasteiger partial charge in [0, 0.05) is 16.5 Å². The lowest BCUT2D eigenvalue weighted by atomic mass is 9.96. The van der Waals surface area contributed by atoms with Crippen molar-refractivity contribution < 1.29 is 4.42 Å². The second kappa shape index (κ2) is 13.9. The van der Waals surface area contributed by atoms with E-state index < -0.39 is 0 Å². The highest BCUT2D eigenvalue weighted by Gasteiger charge is 2.19. The summed E-state index contributed by atoms with van der Waals surface area (Å²) in [5.41, 5.74) is 16.6. The Balaban J connectivity index is 1.03. The first kappa shape index (κ1) is 32.3. The van der Waals surface area contributed by atoms with Crippen LogP contribution < -0.4 is 0 Å². The van der Waals surface area contributed by atoms with Gasteiger partial charge in [0.1, 0.15) is 16.8 Å². The second-order valence-corrected chi connectivity index (χ2v) is 13.8. The van der Waals surface area contributed by atoms with Crippen LogP contribution >= 0.6 is 0 Å². The molecule has 0 radical (unpaired) electrons. The fourth-order valence-corrected chi connectivity index (χ4v) is 7.45. The van der Waals surface area contributed by atoms with E-state index in [1.54, 1.807) is 0 Å². The third kappa shape index (κ3) is 6.28. The van der Waals surface area contributed by atoms with E-state index in [0.717, 1.165) is 55.6 Å². The molecular weight excluding hydrogens is 669 g/mol. The summed E-state index contributed by atoms with van der Waals surface area (Å²) in [5, 5.41) is 0.970. The van der Waals surface area contributed by atoms with E-state index in [9.17, 15) is 0 Å². The number of rotatable bonds is 7. The van der Waals surface area contributed by atoms with Crippen LogP contribution in [0.2, 0.25) is 0 Å². The zero-order valence-electron chi connectivity index (χ0n) is 29.9. The molecular formula is C52H34N2O. The Bertz CT molecular complexity index is 2950. The maximum absolute atomic E-state index is 6.49. The summed E-state index contributed by atoms with van der Waals surface area (Å²) in [6, 6.07) is 72.4. The molecule has 0 aliphatic carbocycles. The van der Waals surface area contributed by atoms with Crippen molar-refractivity contribution in [3.05, 3.63) is 206 Å². The smallest absolute Gasteiger partial charge is 0.180 e. The molecule has 8 aromatic carbocycles. The standard InChI is InChI=1S/C52H34N2O/c1-3-12-35(13-4-1)37-24-28-39(29-25-37)41-16-9-18-43(32-41)44-19-11-21-46(34-44)52-53-49(51-50(54-52)47-22-7-8-23-48(47)55-51)45-20-10-17-42(33-45)40-30-26-38(27-31-40)36-14-5-2-6-15-36/h1-34H. The quantitative estimate of drug-likeness (QED) is 0.166. The largest absolute Gasteiger partial charge is 0.452 e. The topological polar surface area (TPSA) is 38.9 Å². The molecule has 0 saturated heterocycles. The molecule has 258 valence electrons. The van der Waals surface area contributed by atoms with Crippen molar-refractivity contribution in [3.63, 3.8) is 0 Å². The van der Waals surface area contributed by atoms with E-state index >= 15 is 0 Å². The van der Waals surface area contributed by atoms with Crippen LogP contribution in [-0.4, -0.2) is 9.97 Å². The van der Waals surface area contributed by atoms with Crippen molar-refractivity contribution in [3.8, 4) is 78.3 Å². The molecule has 0 aliphatic rings. The van der Waals surface area contributed by atoms with Gasteiger partial charge in [0.2, 0.25) is 0 Å². The van der Waals surface area contributed by atoms with Gasteiger partial charge in [-0.25, -0.2) is 9.97 Å². The number of benzene rings is 8. The Labute approximate surface area is 319 Å². The SMILES string of the molecule is c1ccc(-c2ccc(-c3cccc(-c4cccc(-c5nc(-c6cccc(-c7ccc(-c8ccccc8)cc7)c6)c6oc7ccccc7c6n5)c4)c3)cc2)cc1. The van der Waals surface area contributed by atoms with E-state index in [1.165, 1.54) is 33.4 Å². The molecule has 0 unspecified atom stereocenters. The minimum Gasteiger partial charge on any atom is -0.452 e. The third-order valence-corrected chi connectivity index (χ3v) is 10.3. The summed E-state index contributed by atoms with van der Waals surface area (Å²) in [6.45, 7) is 0. The van der Waals surface area contributed by atoms with Gasteiger partial charge in [-0.2, -0.15) is 0 Å². The minimum absolute atomic E-state index is 0.654. The van der Waals surface area contributed by atoms with E-state index in [4.69, 9.17) is 14.4 Å². The van der Waals surface area contributed by atoms with Crippen LogP contribution in [0.15, 0.2) is 211 Å². The molecule has 0 N–H and O–H groups in total. The van der Waals surface area contributed by atoms with Crippen LogP contribution in [0.25, 0.3) is 100 Å². The van der Waals surface area contributed by atoms with Gasteiger partial charge >= 0.3 is 0 Å². The Morgan fingerprint density at radius 2 is 0.673 bits per heavy atom. The predicted octanol–water partition coefficient (Wildman–Crippen LogP) is 14.0. The molecule has 10 aromatic rings. The number of aromatic nitrogens is 2. The minimum atomic E-state index is 0.654. The van der Waals surface area contributed by atoms with E-state index in [1.807, 2.05) is 30.3 Å². The van der Waals surface area contributed by atoms with Crippen molar-refractivity contribution in [2.24, 2.45) is 0 Å². The summed E-state index contributed by atoms with van der Waals surface area (Å²) in [4.78, 5) is 10.4. The normalized spacial score (nSPS) is 11.3. The van der Waals surface area contributed by atoms with Gasteiger partial charge in [0.25, 0.3) is 0 Å². The number of fused-ring (bicyclic) bond motifs is 3. The number of para-hydroxylation sites is 1. The Morgan fingerprint density at radius 3 is 1.24 bits per heavy atom. The monoisotopic (exact) mass is 702 g/mol. The average Bonchev–Trinajstić information content (AvgIpc) is 3.66. The van der Waals surface area contributed by atoms with Gasteiger partial charge in [-0.05, 0) is 86.0 Å². The summed E-state index contributed by atoms with van der Waals surface area (Å²) >= 11 is 0. The molecule has 3 nitrogen and oxygen atoms in total. The van der Waals surface area contributed by atoms with Gasteiger partial charge in [0.15, 0.2) is 11.4 Å². The number of hydrogen-bond donors (Lipinski definition) is 0. The highest BCUT2D eigenvalue weighted by atomic mass is 16.3. The van der Waals surface area contributed by atoms with Gasteiger partial charge in [0.05, 0.1) is 0 Å². The van der Waals surface area contributed by atoms with Crippen LogP contribution in [0.5, 0.6) is 0 Å². The number of nitrogens with zero attached hydrogens (tertiary/aromatic N) is 2. The van der Waals surface area contributed by atoms with Gasteiger partial charge in [-0.3, -0.25) is 0 Å². The fourth-order valence-electron chi connectivity index (χ4n) is 7.45. The van der Waals surface area contributed by atoms with Gasteiger partial charge < -0.3 is 4.42 Å². The van der Waals surface area contributed by atoms with Gasteiger partial charge in [-0.15, -0.1) is 0 Å². The molecule has 55 heavy (non-hydrogen) atoms. The fraction of sp³-hybridized carbons (Fsp3) is 0. The molecule has 0 bridgehead atoms. The Kier molecular flexibility index (Phi) is 8.16. The van der Waals surface area contributed by atoms with Crippen molar-refractivity contribution in [2.45, 2.75) is 0 Å². The Morgan fingerprint density at radius 1 is 0.291 bits per heavy atom. The lowest BCUT2D eigenvalue weighted by Gasteiger charge is -2.11.